The standard InChI is InChI=1S/C18H17N3O3/c1-12-20-17(21-24-12)13-7-9-14(10-8-13)18(22)19-11-15-5-3-4-6-16(15)23-2/h3-10H,11H2,1-2H3,(H,19,22). The lowest BCUT2D eigenvalue weighted by molar-refractivity contribution is 0.0950. The van der Waals surface area contributed by atoms with Gasteiger partial charge in [-0.3, -0.25) is 4.79 Å². The second-order valence-corrected chi connectivity index (χ2v) is 5.21. The van der Waals surface area contributed by atoms with Crippen LogP contribution in [0.25, 0.3) is 11.4 Å². The van der Waals surface area contributed by atoms with Gasteiger partial charge in [-0.25, -0.2) is 0 Å². The molecule has 1 amide bonds. The maximum atomic E-state index is 12.3. The zero-order chi connectivity index (χ0) is 16.9. The topological polar surface area (TPSA) is 77.2 Å². The molecule has 0 spiro atoms. The van der Waals surface area contributed by atoms with Crippen LogP contribution < -0.4 is 10.1 Å². The highest BCUT2D eigenvalue weighted by Gasteiger charge is 2.10. The summed E-state index contributed by atoms with van der Waals surface area (Å²) in [5.74, 6) is 1.61. The molecule has 0 unspecified atom stereocenters. The summed E-state index contributed by atoms with van der Waals surface area (Å²) in [6.45, 7) is 2.13. The number of carbonyl (C=O) groups is 1. The van der Waals surface area contributed by atoms with E-state index in [1.54, 1.807) is 38.3 Å². The minimum Gasteiger partial charge on any atom is -0.496 e. The van der Waals surface area contributed by atoms with Gasteiger partial charge in [0.15, 0.2) is 0 Å². The minimum atomic E-state index is -0.156. The summed E-state index contributed by atoms with van der Waals surface area (Å²) in [5, 5.41) is 6.74. The van der Waals surface area contributed by atoms with Crippen LogP contribution >= 0.6 is 0 Å². The Morgan fingerprint density at radius 3 is 2.58 bits per heavy atom. The van der Waals surface area contributed by atoms with E-state index < -0.39 is 0 Å². The summed E-state index contributed by atoms with van der Waals surface area (Å²) in [7, 11) is 1.61. The molecular weight excluding hydrogens is 306 g/mol. The van der Waals surface area contributed by atoms with Crippen molar-refractivity contribution in [1.29, 1.82) is 0 Å². The zero-order valence-corrected chi connectivity index (χ0v) is 13.4. The van der Waals surface area contributed by atoms with Crippen molar-refractivity contribution in [2.24, 2.45) is 0 Å². The highest BCUT2D eigenvalue weighted by molar-refractivity contribution is 5.94. The Hall–Kier alpha value is -3.15. The van der Waals surface area contributed by atoms with E-state index in [0.717, 1.165) is 16.9 Å². The van der Waals surface area contributed by atoms with E-state index >= 15 is 0 Å². The molecule has 0 atom stereocenters. The van der Waals surface area contributed by atoms with Crippen molar-refractivity contribution < 1.29 is 14.1 Å². The molecule has 0 radical (unpaired) electrons. The second-order valence-electron chi connectivity index (χ2n) is 5.21. The van der Waals surface area contributed by atoms with Gasteiger partial charge in [-0.2, -0.15) is 4.98 Å². The van der Waals surface area contributed by atoms with Crippen LogP contribution in [-0.2, 0) is 6.54 Å². The molecule has 3 rings (SSSR count). The number of rotatable bonds is 5. The quantitative estimate of drug-likeness (QED) is 0.781. The van der Waals surface area contributed by atoms with Gasteiger partial charge in [-0.1, -0.05) is 35.5 Å². The first-order chi connectivity index (χ1) is 11.7. The highest BCUT2D eigenvalue weighted by atomic mass is 16.5. The van der Waals surface area contributed by atoms with Crippen molar-refractivity contribution in [3.8, 4) is 17.1 Å². The lowest BCUT2D eigenvalue weighted by Crippen LogP contribution is -2.22. The summed E-state index contributed by atoms with van der Waals surface area (Å²) in [6.07, 6.45) is 0. The summed E-state index contributed by atoms with van der Waals surface area (Å²) in [4.78, 5) is 16.4. The van der Waals surface area contributed by atoms with Gasteiger partial charge in [-0.05, 0) is 18.2 Å². The normalized spacial score (nSPS) is 10.4. The molecule has 0 aliphatic rings. The van der Waals surface area contributed by atoms with Crippen molar-refractivity contribution in [2.45, 2.75) is 13.5 Å². The average Bonchev–Trinajstić information content (AvgIpc) is 3.06. The molecule has 24 heavy (non-hydrogen) atoms. The number of aromatic nitrogens is 2. The van der Waals surface area contributed by atoms with E-state index in [1.165, 1.54) is 0 Å². The van der Waals surface area contributed by atoms with Crippen LogP contribution in [0.5, 0.6) is 5.75 Å². The van der Waals surface area contributed by atoms with Crippen molar-refractivity contribution in [2.75, 3.05) is 7.11 Å². The van der Waals surface area contributed by atoms with Gasteiger partial charge >= 0.3 is 0 Å². The molecule has 0 bridgehead atoms. The van der Waals surface area contributed by atoms with E-state index in [0.29, 0.717) is 23.8 Å². The molecule has 3 aromatic rings. The van der Waals surface area contributed by atoms with Crippen LogP contribution in [0, 0.1) is 6.92 Å². The van der Waals surface area contributed by atoms with E-state index in [9.17, 15) is 4.79 Å². The molecule has 6 heteroatoms. The maximum Gasteiger partial charge on any atom is 0.251 e. The van der Waals surface area contributed by atoms with Gasteiger partial charge in [0.1, 0.15) is 5.75 Å². The Labute approximate surface area is 139 Å². The van der Waals surface area contributed by atoms with Crippen LogP contribution in [0.2, 0.25) is 0 Å². The predicted octanol–water partition coefficient (Wildman–Crippen LogP) is 2.98. The summed E-state index contributed by atoms with van der Waals surface area (Å²) in [6, 6.07) is 14.6. The van der Waals surface area contributed by atoms with Gasteiger partial charge in [0.05, 0.1) is 7.11 Å². The number of methoxy groups -OCH3 is 1. The van der Waals surface area contributed by atoms with E-state index in [4.69, 9.17) is 9.26 Å². The second kappa shape index (κ2) is 6.95. The van der Waals surface area contributed by atoms with Crippen molar-refractivity contribution in [3.63, 3.8) is 0 Å². The number of nitrogens with one attached hydrogen (secondary N) is 1. The molecule has 6 nitrogen and oxygen atoms in total. The third kappa shape index (κ3) is 3.43. The Morgan fingerprint density at radius 2 is 1.92 bits per heavy atom. The molecule has 0 saturated heterocycles. The average molecular weight is 323 g/mol. The monoisotopic (exact) mass is 323 g/mol. The third-order valence-electron chi connectivity index (χ3n) is 3.56. The van der Waals surface area contributed by atoms with E-state index in [2.05, 4.69) is 15.5 Å². The van der Waals surface area contributed by atoms with Gasteiger partial charge < -0.3 is 14.6 Å². The van der Waals surface area contributed by atoms with Crippen LogP contribution in [0.4, 0.5) is 0 Å². The molecule has 0 aliphatic heterocycles. The fourth-order valence-electron chi connectivity index (χ4n) is 2.31. The zero-order valence-electron chi connectivity index (χ0n) is 13.4. The van der Waals surface area contributed by atoms with Gasteiger partial charge in [0.2, 0.25) is 11.7 Å². The van der Waals surface area contributed by atoms with Gasteiger partial charge in [0.25, 0.3) is 5.91 Å². The molecule has 0 saturated carbocycles. The van der Waals surface area contributed by atoms with Gasteiger partial charge in [0, 0.05) is 30.2 Å². The van der Waals surface area contributed by atoms with E-state index in [1.807, 2.05) is 24.3 Å². The number of para-hydroxylation sites is 1. The van der Waals surface area contributed by atoms with Crippen LogP contribution in [0.1, 0.15) is 21.8 Å². The summed E-state index contributed by atoms with van der Waals surface area (Å²) in [5.41, 5.74) is 2.29. The fourth-order valence-corrected chi connectivity index (χ4v) is 2.31. The number of aryl methyl sites for hydroxylation is 1. The SMILES string of the molecule is COc1ccccc1CNC(=O)c1ccc(-c2noc(C)n2)cc1. The summed E-state index contributed by atoms with van der Waals surface area (Å²) >= 11 is 0. The lowest BCUT2D eigenvalue weighted by Gasteiger charge is -2.09. The number of benzene rings is 2. The largest absolute Gasteiger partial charge is 0.496 e. The molecule has 2 aromatic carbocycles. The first-order valence-corrected chi connectivity index (χ1v) is 7.48. The lowest BCUT2D eigenvalue weighted by atomic mass is 10.1. The minimum absolute atomic E-state index is 0.156. The molecule has 1 heterocycles. The number of nitrogens with zero attached hydrogens (tertiary/aromatic N) is 2. The molecule has 0 fully saturated rings. The number of carbonyl (C=O) groups excluding carboxylic acids is 1. The first-order valence-electron chi connectivity index (χ1n) is 7.48. The molecule has 122 valence electrons. The maximum absolute atomic E-state index is 12.3. The Morgan fingerprint density at radius 1 is 1.17 bits per heavy atom. The Kier molecular flexibility index (Phi) is 4.56. The van der Waals surface area contributed by atoms with Crippen LogP contribution in [-0.4, -0.2) is 23.2 Å². The third-order valence-corrected chi connectivity index (χ3v) is 3.56. The van der Waals surface area contributed by atoms with Crippen LogP contribution in [0.3, 0.4) is 0 Å². The molecule has 0 aliphatic carbocycles. The Balaban J connectivity index is 1.67. The van der Waals surface area contributed by atoms with Crippen molar-refractivity contribution in [1.82, 2.24) is 15.5 Å². The number of amides is 1. The summed E-state index contributed by atoms with van der Waals surface area (Å²) < 4.78 is 10.2. The molecular formula is C18H17N3O3. The number of hydrogen-bond donors (Lipinski definition) is 1. The number of ether oxygens (including phenoxy) is 1. The fraction of sp³-hybridized carbons (Fsp3) is 0.167. The smallest absolute Gasteiger partial charge is 0.251 e. The number of hydrogen-bond acceptors (Lipinski definition) is 5. The van der Waals surface area contributed by atoms with E-state index in [-0.39, 0.29) is 5.91 Å². The van der Waals surface area contributed by atoms with Gasteiger partial charge in [-0.15, -0.1) is 0 Å². The predicted molar refractivity (Wildman–Crippen MR) is 88.6 cm³/mol. The van der Waals surface area contributed by atoms with Crippen molar-refractivity contribution >= 4 is 5.91 Å². The highest BCUT2D eigenvalue weighted by Crippen LogP contribution is 2.18. The van der Waals surface area contributed by atoms with Crippen molar-refractivity contribution in [3.05, 3.63) is 65.5 Å². The molecule has 1 N–H and O–H groups in total. The Bertz CT molecular complexity index is 841. The first kappa shape index (κ1) is 15.7. The molecule has 1 aromatic heterocycles. The van der Waals surface area contributed by atoms with Crippen LogP contribution in [0.15, 0.2) is 53.1 Å².